The van der Waals surface area contributed by atoms with Gasteiger partial charge in [-0.05, 0) is 13.8 Å². The number of rotatable bonds is 0. The lowest BCUT2D eigenvalue weighted by Crippen LogP contribution is -2.17. The van der Waals surface area contributed by atoms with Crippen LogP contribution in [0, 0.1) is 0 Å². The zero-order valence-corrected chi connectivity index (χ0v) is 4.86. The van der Waals surface area contributed by atoms with Crippen LogP contribution in [0.5, 0.6) is 0 Å². The minimum atomic E-state index is 0.611. The van der Waals surface area contributed by atoms with Crippen molar-refractivity contribution < 1.29 is 0 Å². The molecule has 0 fully saturated rings. The van der Waals surface area contributed by atoms with Crippen LogP contribution in [0.2, 0.25) is 0 Å². The van der Waals surface area contributed by atoms with Crippen molar-refractivity contribution in [2.45, 2.75) is 19.9 Å². The fourth-order valence-electron chi connectivity index (χ4n) is 0.867. The van der Waals surface area contributed by atoms with Gasteiger partial charge >= 0.3 is 0 Å². The van der Waals surface area contributed by atoms with Crippen molar-refractivity contribution in [2.75, 3.05) is 6.54 Å². The van der Waals surface area contributed by atoms with E-state index in [-0.39, 0.29) is 0 Å². The molecule has 0 aromatic rings. The van der Waals surface area contributed by atoms with Crippen LogP contribution in [0.1, 0.15) is 13.8 Å². The third-order valence-electron chi connectivity index (χ3n) is 1.24. The lowest BCUT2D eigenvalue weighted by molar-refractivity contribution is 0.721. The quantitative estimate of drug-likeness (QED) is 0.443. The highest BCUT2D eigenvalue weighted by Crippen LogP contribution is 2.01. The molecule has 0 aromatic heterocycles. The van der Waals surface area contributed by atoms with Crippen LogP contribution in [-0.4, -0.2) is 12.6 Å². The average Bonchev–Trinajstić information content (AvgIpc) is 1.87. The molecule has 1 rings (SSSR count). The maximum atomic E-state index is 3.28. The molecule has 40 valence electrons. The molecule has 1 nitrogen and oxygen atoms in total. The summed E-state index contributed by atoms with van der Waals surface area (Å²) >= 11 is 0. The Morgan fingerprint density at radius 2 is 2.57 bits per heavy atom. The van der Waals surface area contributed by atoms with E-state index in [2.05, 4.69) is 25.2 Å². The zero-order valence-electron chi connectivity index (χ0n) is 4.86. The molecule has 1 heterocycles. The van der Waals surface area contributed by atoms with E-state index in [1.807, 2.05) is 0 Å². The molecule has 1 N–H and O–H groups in total. The predicted octanol–water partition coefficient (Wildman–Crippen LogP) is 0.924. The van der Waals surface area contributed by atoms with Gasteiger partial charge in [-0.1, -0.05) is 11.6 Å². The molecule has 1 unspecified atom stereocenters. The fraction of sp³-hybridized carbons (Fsp3) is 0.667. The van der Waals surface area contributed by atoms with Crippen molar-refractivity contribution in [2.24, 2.45) is 0 Å². The second kappa shape index (κ2) is 1.66. The highest BCUT2D eigenvalue weighted by Gasteiger charge is 2.03. The van der Waals surface area contributed by atoms with Gasteiger partial charge in [-0.2, -0.15) is 0 Å². The standard InChI is InChI=1S/C6H11N/c1-5-3-6(2)7-4-5/h3,6-7H,4H2,1-2H3. The third-order valence-corrected chi connectivity index (χ3v) is 1.24. The van der Waals surface area contributed by atoms with Crippen LogP contribution in [-0.2, 0) is 0 Å². The molecule has 7 heavy (non-hydrogen) atoms. The smallest absolute Gasteiger partial charge is 0.0227 e. The first kappa shape index (κ1) is 4.85. The molecule has 1 aliphatic heterocycles. The van der Waals surface area contributed by atoms with Gasteiger partial charge in [-0.15, -0.1) is 0 Å². The Balaban J connectivity index is 2.50. The Morgan fingerprint density at radius 1 is 1.86 bits per heavy atom. The normalized spacial score (nSPS) is 30.6. The fourth-order valence-corrected chi connectivity index (χ4v) is 0.867. The summed E-state index contributed by atoms with van der Waals surface area (Å²) in [6.07, 6.45) is 2.25. The molecule has 0 saturated carbocycles. The van der Waals surface area contributed by atoms with Gasteiger partial charge in [0.15, 0.2) is 0 Å². The predicted molar refractivity (Wildman–Crippen MR) is 31.2 cm³/mol. The Kier molecular flexibility index (Phi) is 1.15. The Bertz CT molecular complexity index is 94.4. The second-order valence-corrected chi connectivity index (χ2v) is 2.18. The maximum absolute atomic E-state index is 3.28. The highest BCUT2D eigenvalue weighted by atomic mass is 14.9. The minimum absolute atomic E-state index is 0.611. The summed E-state index contributed by atoms with van der Waals surface area (Å²) in [5.41, 5.74) is 1.47. The molecule has 0 spiro atoms. The maximum Gasteiger partial charge on any atom is 0.0227 e. The van der Waals surface area contributed by atoms with E-state index >= 15 is 0 Å². The van der Waals surface area contributed by atoms with Crippen LogP contribution in [0.15, 0.2) is 11.6 Å². The van der Waals surface area contributed by atoms with Gasteiger partial charge in [-0.3, -0.25) is 0 Å². The van der Waals surface area contributed by atoms with E-state index in [9.17, 15) is 0 Å². The van der Waals surface area contributed by atoms with Crippen LogP contribution >= 0.6 is 0 Å². The molecule has 0 aliphatic carbocycles. The van der Waals surface area contributed by atoms with Gasteiger partial charge in [0.2, 0.25) is 0 Å². The second-order valence-electron chi connectivity index (χ2n) is 2.18. The lowest BCUT2D eigenvalue weighted by Gasteiger charge is -1.94. The van der Waals surface area contributed by atoms with Crippen molar-refractivity contribution in [3.63, 3.8) is 0 Å². The van der Waals surface area contributed by atoms with Gasteiger partial charge < -0.3 is 5.32 Å². The summed E-state index contributed by atoms with van der Waals surface area (Å²) < 4.78 is 0. The van der Waals surface area contributed by atoms with Crippen LogP contribution in [0.25, 0.3) is 0 Å². The molecule has 1 aliphatic rings. The first-order valence-corrected chi connectivity index (χ1v) is 2.70. The largest absolute Gasteiger partial charge is 0.307 e. The lowest BCUT2D eigenvalue weighted by atomic mass is 10.3. The summed E-state index contributed by atoms with van der Waals surface area (Å²) in [4.78, 5) is 0. The van der Waals surface area contributed by atoms with Crippen LogP contribution in [0.4, 0.5) is 0 Å². The summed E-state index contributed by atoms with van der Waals surface area (Å²) in [6, 6.07) is 0.611. The zero-order chi connectivity index (χ0) is 5.28. The number of hydrogen-bond acceptors (Lipinski definition) is 1. The van der Waals surface area contributed by atoms with Gasteiger partial charge in [0, 0.05) is 12.6 Å². The molecular formula is C6H11N. The Labute approximate surface area is 44.4 Å². The van der Waals surface area contributed by atoms with E-state index < -0.39 is 0 Å². The molecule has 0 aromatic carbocycles. The minimum Gasteiger partial charge on any atom is -0.307 e. The van der Waals surface area contributed by atoms with Crippen LogP contribution in [0.3, 0.4) is 0 Å². The molecule has 0 bridgehead atoms. The Morgan fingerprint density at radius 3 is 2.71 bits per heavy atom. The van der Waals surface area contributed by atoms with Gasteiger partial charge in [0.25, 0.3) is 0 Å². The first-order chi connectivity index (χ1) is 3.29. The number of hydrogen-bond donors (Lipinski definition) is 1. The van der Waals surface area contributed by atoms with Crippen molar-refractivity contribution >= 4 is 0 Å². The molecule has 1 atom stereocenters. The number of nitrogens with one attached hydrogen (secondary N) is 1. The Hall–Kier alpha value is -0.300. The topological polar surface area (TPSA) is 12.0 Å². The van der Waals surface area contributed by atoms with Crippen molar-refractivity contribution in [3.8, 4) is 0 Å². The van der Waals surface area contributed by atoms with Crippen molar-refractivity contribution in [1.82, 2.24) is 5.32 Å². The van der Waals surface area contributed by atoms with Gasteiger partial charge in [0.05, 0.1) is 0 Å². The van der Waals surface area contributed by atoms with Gasteiger partial charge in [0.1, 0.15) is 0 Å². The summed E-state index contributed by atoms with van der Waals surface area (Å²) in [6.45, 7) is 5.40. The molecule has 0 saturated heterocycles. The van der Waals surface area contributed by atoms with Crippen LogP contribution < -0.4 is 5.32 Å². The molecule has 0 radical (unpaired) electrons. The van der Waals surface area contributed by atoms with E-state index in [0.29, 0.717) is 6.04 Å². The van der Waals surface area contributed by atoms with E-state index in [1.165, 1.54) is 5.57 Å². The average molecular weight is 97.2 g/mol. The first-order valence-electron chi connectivity index (χ1n) is 2.70. The summed E-state index contributed by atoms with van der Waals surface area (Å²) in [5, 5.41) is 3.28. The summed E-state index contributed by atoms with van der Waals surface area (Å²) in [5.74, 6) is 0. The molecule has 1 heteroatoms. The monoisotopic (exact) mass is 97.1 g/mol. The van der Waals surface area contributed by atoms with Crippen molar-refractivity contribution in [1.29, 1.82) is 0 Å². The molecular weight excluding hydrogens is 86.1 g/mol. The van der Waals surface area contributed by atoms with Crippen molar-refractivity contribution in [3.05, 3.63) is 11.6 Å². The van der Waals surface area contributed by atoms with E-state index in [4.69, 9.17) is 0 Å². The van der Waals surface area contributed by atoms with E-state index in [0.717, 1.165) is 6.54 Å². The van der Waals surface area contributed by atoms with E-state index in [1.54, 1.807) is 0 Å². The third kappa shape index (κ3) is 1.03. The molecule has 0 amide bonds. The highest BCUT2D eigenvalue weighted by molar-refractivity contribution is 5.11. The van der Waals surface area contributed by atoms with Gasteiger partial charge in [-0.25, -0.2) is 0 Å². The summed E-state index contributed by atoms with van der Waals surface area (Å²) in [7, 11) is 0. The SMILES string of the molecule is CC1=CC(C)NC1.